The van der Waals surface area contributed by atoms with Crippen LogP contribution in [-0.4, -0.2) is 36.9 Å². The van der Waals surface area contributed by atoms with Crippen molar-refractivity contribution >= 4 is 15.9 Å². The molecule has 0 radical (unpaired) electrons. The van der Waals surface area contributed by atoms with Crippen LogP contribution < -0.4 is 5.14 Å². The molecule has 0 unspecified atom stereocenters. The van der Waals surface area contributed by atoms with Crippen LogP contribution in [0.5, 0.6) is 0 Å². The Labute approximate surface area is 126 Å². The second-order valence-electron chi connectivity index (χ2n) is 5.90. The minimum atomic E-state index is -3.79. The van der Waals surface area contributed by atoms with E-state index in [1.165, 1.54) is 16.8 Å². The first-order valence-electron chi connectivity index (χ1n) is 7.21. The monoisotopic (exact) mass is 313 g/mol. The Balaban J connectivity index is 2.24. The molecule has 1 aromatic heterocycles. The number of hydrogen-bond acceptors (Lipinski definition) is 3. The number of rotatable bonds is 4. The van der Waals surface area contributed by atoms with Gasteiger partial charge in [-0.15, -0.1) is 0 Å². The van der Waals surface area contributed by atoms with Gasteiger partial charge in [0.2, 0.25) is 10.0 Å². The van der Waals surface area contributed by atoms with Crippen molar-refractivity contribution in [3.8, 4) is 0 Å². The molecule has 1 aromatic rings. The summed E-state index contributed by atoms with van der Waals surface area (Å²) in [6, 6.07) is 1.36. The predicted octanol–water partition coefficient (Wildman–Crippen LogP) is 1.32. The molecule has 1 aliphatic rings. The summed E-state index contributed by atoms with van der Waals surface area (Å²) in [5.74, 6) is -0.129. The van der Waals surface area contributed by atoms with Crippen molar-refractivity contribution in [2.45, 2.75) is 38.0 Å². The molecule has 1 amide bonds. The van der Waals surface area contributed by atoms with Gasteiger partial charge in [0, 0.05) is 26.3 Å². The van der Waals surface area contributed by atoms with E-state index in [4.69, 9.17) is 5.14 Å². The van der Waals surface area contributed by atoms with Gasteiger partial charge in [-0.05, 0) is 30.7 Å². The maximum absolute atomic E-state index is 12.6. The van der Waals surface area contributed by atoms with Crippen molar-refractivity contribution in [3.05, 3.63) is 18.0 Å². The number of primary sulfonamides is 1. The average molecular weight is 313 g/mol. The van der Waals surface area contributed by atoms with E-state index in [-0.39, 0.29) is 16.2 Å². The minimum Gasteiger partial charge on any atom is -0.345 e. The van der Waals surface area contributed by atoms with Crippen LogP contribution in [0.4, 0.5) is 0 Å². The number of carbonyl (C=O) groups is 1. The maximum Gasteiger partial charge on any atom is 0.270 e. The van der Waals surface area contributed by atoms with E-state index >= 15 is 0 Å². The zero-order valence-electron chi connectivity index (χ0n) is 12.8. The molecule has 1 saturated heterocycles. The second-order valence-corrected chi connectivity index (χ2v) is 7.46. The first-order valence-corrected chi connectivity index (χ1v) is 8.75. The number of nitrogens with two attached hydrogens (primary N) is 1. The predicted molar refractivity (Wildman–Crippen MR) is 80.3 cm³/mol. The second kappa shape index (κ2) is 5.46. The fraction of sp³-hybridized carbons (Fsp3) is 0.643. The Hall–Kier alpha value is -1.34. The SMILES string of the molecule is CCC1(CC)CCN(C(=O)c2cc(S(N)(=O)=O)cn2C)C1. The lowest BCUT2D eigenvalue weighted by molar-refractivity contribution is 0.0760. The third-order valence-electron chi connectivity index (χ3n) is 4.75. The number of sulfonamides is 1. The first kappa shape index (κ1) is 16.0. The summed E-state index contributed by atoms with van der Waals surface area (Å²) in [4.78, 5) is 14.4. The molecule has 0 atom stereocenters. The standard InChI is InChI=1S/C14H23N3O3S/c1-4-14(5-2)6-7-17(10-14)13(18)12-8-11(9-16(12)3)21(15,19)20/h8-9H,4-7,10H2,1-3H3,(H2,15,19,20). The van der Waals surface area contributed by atoms with Gasteiger partial charge in [-0.2, -0.15) is 0 Å². The topological polar surface area (TPSA) is 85.4 Å². The van der Waals surface area contributed by atoms with E-state index in [0.717, 1.165) is 32.4 Å². The Morgan fingerprint density at radius 2 is 2.00 bits per heavy atom. The van der Waals surface area contributed by atoms with Crippen LogP contribution in [0.15, 0.2) is 17.2 Å². The highest BCUT2D eigenvalue weighted by molar-refractivity contribution is 7.89. The number of amides is 1. The molecule has 0 spiro atoms. The molecule has 0 aliphatic carbocycles. The van der Waals surface area contributed by atoms with E-state index < -0.39 is 10.0 Å². The zero-order chi connectivity index (χ0) is 15.8. The van der Waals surface area contributed by atoms with E-state index in [1.807, 2.05) is 4.90 Å². The fourth-order valence-corrected chi connectivity index (χ4v) is 3.58. The van der Waals surface area contributed by atoms with Crippen LogP contribution in [0.25, 0.3) is 0 Å². The fourth-order valence-electron chi connectivity index (χ4n) is 3.00. The number of likely N-dealkylation sites (tertiary alicyclic amines) is 1. The van der Waals surface area contributed by atoms with Crippen molar-refractivity contribution in [1.29, 1.82) is 0 Å². The van der Waals surface area contributed by atoms with E-state index in [2.05, 4.69) is 13.8 Å². The number of aryl methyl sites for hydroxylation is 1. The molecule has 2 rings (SSSR count). The number of carbonyl (C=O) groups excluding carboxylic acids is 1. The lowest BCUT2D eigenvalue weighted by atomic mass is 9.82. The maximum atomic E-state index is 12.6. The summed E-state index contributed by atoms with van der Waals surface area (Å²) in [5.41, 5.74) is 0.561. The third-order valence-corrected chi connectivity index (χ3v) is 5.63. The number of nitrogens with zero attached hydrogens (tertiary/aromatic N) is 2. The lowest BCUT2D eigenvalue weighted by Gasteiger charge is -2.26. The van der Waals surface area contributed by atoms with Crippen molar-refractivity contribution in [2.24, 2.45) is 17.6 Å². The van der Waals surface area contributed by atoms with Crippen molar-refractivity contribution < 1.29 is 13.2 Å². The molecule has 21 heavy (non-hydrogen) atoms. The summed E-state index contributed by atoms with van der Waals surface area (Å²) in [6.07, 6.45) is 4.47. The molecule has 1 aliphatic heterocycles. The Morgan fingerprint density at radius 1 is 1.38 bits per heavy atom. The van der Waals surface area contributed by atoms with Gasteiger partial charge in [0.15, 0.2) is 0 Å². The highest BCUT2D eigenvalue weighted by Crippen LogP contribution is 2.37. The van der Waals surface area contributed by atoms with Gasteiger partial charge < -0.3 is 9.47 Å². The van der Waals surface area contributed by atoms with Crippen LogP contribution in [0.2, 0.25) is 0 Å². The number of hydrogen-bond donors (Lipinski definition) is 1. The van der Waals surface area contributed by atoms with E-state index in [9.17, 15) is 13.2 Å². The van der Waals surface area contributed by atoms with Gasteiger partial charge in [0.1, 0.15) is 10.6 Å². The smallest absolute Gasteiger partial charge is 0.270 e. The molecule has 0 aromatic carbocycles. The molecular formula is C14H23N3O3S. The molecular weight excluding hydrogens is 290 g/mol. The largest absolute Gasteiger partial charge is 0.345 e. The van der Waals surface area contributed by atoms with Gasteiger partial charge in [-0.1, -0.05) is 13.8 Å². The van der Waals surface area contributed by atoms with Crippen LogP contribution in [0, 0.1) is 5.41 Å². The van der Waals surface area contributed by atoms with Gasteiger partial charge >= 0.3 is 0 Å². The molecule has 6 nitrogen and oxygen atoms in total. The quantitative estimate of drug-likeness (QED) is 0.910. The van der Waals surface area contributed by atoms with Crippen LogP contribution >= 0.6 is 0 Å². The summed E-state index contributed by atoms with van der Waals surface area (Å²) >= 11 is 0. The summed E-state index contributed by atoms with van der Waals surface area (Å²) in [7, 11) is -2.13. The molecule has 118 valence electrons. The summed E-state index contributed by atoms with van der Waals surface area (Å²) < 4.78 is 24.3. The Bertz CT molecular complexity index is 644. The third kappa shape index (κ3) is 2.98. The summed E-state index contributed by atoms with van der Waals surface area (Å²) in [5, 5.41) is 5.11. The Kier molecular flexibility index (Phi) is 4.17. The molecule has 7 heteroatoms. The molecule has 2 N–H and O–H groups in total. The highest BCUT2D eigenvalue weighted by atomic mass is 32.2. The van der Waals surface area contributed by atoms with Crippen LogP contribution in [-0.2, 0) is 17.1 Å². The molecule has 0 bridgehead atoms. The molecule has 1 fully saturated rings. The average Bonchev–Trinajstić information content (AvgIpc) is 3.02. The van der Waals surface area contributed by atoms with Crippen molar-refractivity contribution in [2.75, 3.05) is 13.1 Å². The minimum absolute atomic E-state index is 0.0233. The molecule has 0 saturated carbocycles. The van der Waals surface area contributed by atoms with Gasteiger partial charge in [-0.3, -0.25) is 4.79 Å². The van der Waals surface area contributed by atoms with Gasteiger partial charge in [-0.25, -0.2) is 13.6 Å². The summed E-state index contributed by atoms with van der Waals surface area (Å²) in [6.45, 7) is 5.75. The first-order chi connectivity index (χ1) is 9.72. The van der Waals surface area contributed by atoms with Crippen molar-refractivity contribution in [1.82, 2.24) is 9.47 Å². The lowest BCUT2D eigenvalue weighted by Crippen LogP contribution is -2.32. The van der Waals surface area contributed by atoms with Crippen molar-refractivity contribution in [3.63, 3.8) is 0 Å². The Morgan fingerprint density at radius 3 is 2.43 bits per heavy atom. The normalized spacial score (nSPS) is 18.2. The highest BCUT2D eigenvalue weighted by Gasteiger charge is 2.38. The van der Waals surface area contributed by atoms with Crippen LogP contribution in [0.1, 0.15) is 43.6 Å². The number of aromatic nitrogens is 1. The van der Waals surface area contributed by atoms with Gasteiger partial charge in [0.05, 0.1) is 0 Å². The molecule has 2 heterocycles. The van der Waals surface area contributed by atoms with E-state index in [0.29, 0.717) is 5.69 Å². The van der Waals surface area contributed by atoms with Crippen LogP contribution in [0.3, 0.4) is 0 Å². The zero-order valence-corrected chi connectivity index (χ0v) is 13.6. The van der Waals surface area contributed by atoms with E-state index in [1.54, 1.807) is 7.05 Å². The van der Waals surface area contributed by atoms with Gasteiger partial charge in [0.25, 0.3) is 5.91 Å².